The van der Waals surface area contributed by atoms with Crippen LogP contribution in [0.1, 0.15) is 49.4 Å². The first-order chi connectivity index (χ1) is 13.1. The highest BCUT2D eigenvalue weighted by Gasteiger charge is 2.31. The summed E-state index contributed by atoms with van der Waals surface area (Å²) in [4.78, 5) is 27.9. The molecule has 3 aromatic rings. The van der Waals surface area contributed by atoms with Crippen LogP contribution >= 0.6 is 11.3 Å². The number of nitrogens with zero attached hydrogens (tertiary/aromatic N) is 2. The Bertz CT molecular complexity index is 944. The van der Waals surface area contributed by atoms with Crippen LogP contribution in [0, 0.1) is 0 Å². The van der Waals surface area contributed by atoms with Crippen LogP contribution in [-0.2, 0) is 6.54 Å². The number of carbonyl (C=O) groups excluding carboxylic acids is 2. The molecule has 0 saturated carbocycles. The molecule has 0 spiro atoms. The lowest BCUT2D eigenvalue weighted by molar-refractivity contribution is 0.0737. The van der Waals surface area contributed by atoms with Crippen molar-refractivity contribution in [1.29, 1.82) is 0 Å². The maximum absolute atomic E-state index is 13.0. The van der Waals surface area contributed by atoms with Gasteiger partial charge in [0.05, 0.1) is 10.9 Å². The third kappa shape index (κ3) is 3.66. The zero-order chi connectivity index (χ0) is 18.8. The van der Waals surface area contributed by atoms with Gasteiger partial charge in [-0.05, 0) is 54.8 Å². The summed E-state index contributed by atoms with van der Waals surface area (Å²) in [5.74, 6) is -0.376. The van der Waals surface area contributed by atoms with E-state index in [1.165, 1.54) is 11.3 Å². The molecule has 1 unspecified atom stereocenters. The van der Waals surface area contributed by atoms with Crippen molar-refractivity contribution in [2.24, 2.45) is 5.73 Å². The molecule has 0 bridgehead atoms. The summed E-state index contributed by atoms with van der Waals surface area (Å²) >= 11 is 1.39. The lowest BCUT2D eigenvalue weighted by atomic mass is 10.1. The topological polar surface area (TPSA) is 68.3 Å². The predicted molar refractivity (Wildman–Crippen MR) is 106 cm³/mol. The SMILES string of the molecule is NC(=O)c1ccc(C2CCCN2C(=O)c2ccc(Cn3cccc3)cc2)s1. The molecular formula is C21H21N3O2S. The Labute approximate surface area is 162 Å². The molecule has 0 aliphatic carbocycles. The minimum Gasteiger partial charge on any atom is -0.365 e. The van der Waals surface area contributed by atoms with Gasteiger partial charge in [0.2, 0.25) is 0 Å². The number of amides is 2. The van der Waals surface area contributed by atoms with Crippen molar-refractivity contribution in [3.63, 3.8) is 0 Å². The highest BCUT2D eigenvalue weighted by molar-refractivity contribution is 7.14. The Hall–Kier alpha value is -2.86. The number of rotatable bonds is 5. The Morgan fingerprint density at radius 3 is 2.48 bits per heavy atom. The molecule has 0 radical (unpaired) electrons. The summed E-state index contributed by atoms with van der Waals surface area (Å²) in [5, 5.41) is 0. The normalized spacial score (nSPS) is 16.6. The zero-order valence-electron chi connectivity index (χ0n) is 14.9. The van der Waals surface area contributed by atoms with Crippen molar-refractivity contribution in [2.45, 2.75) is 25.4 Å². The predicted octanol–water partition coefficient (Wildman–Crippen LogP) is 3.67. The molecule has 1 aromatic carbocycles. The standard InChI is InChI=1S/C21H21N3O2S/c22-20(25)19-10-9-18(27-19)17-4-3-13-24(17)21(26)16-7-5-15(6-8-16)14-23-11-1-2-12-23/h1-2,5-12,17H,3-4,13-14H2,(H2,22,25). The zero-order valence-corrected chi connectivity index (χ0v) is 15.7. The number of nitrogens with two attached hydrogens (primary N) is 1. The smallest absolute Gasteiger partial charge is 0.258 e. The number of hydrogen-bond acceptors (Lipinski definition) is 3. The highest BCUT2D eigenvalue weighted by atomic mass is 32.1. The second-order valence-electron chi connectivity index (χ2n) is 6.78. The minimum absolute atomic E-state index is 0.0233. The van der Waals surface area contributed by atoms with E-state index in [2.05, 4.69) is 4.57 Å². The Kier molecular flexibility index (Phi) is 4.81. The molecule has 2 aromatic heterocycles. The molecule has 6 heteroatoms. The average Bonchev–Trinajstić information content (AvgIpc) is 3.42. The van der Waals surface area contributed by atoms with Gasteiger partial charge in [0, 0.05) is 35.9 Å². The maximum Gasteiger partial charge on any atom is 0.258 e. The fourth-order valence-electron chi connectivity index (χ4n) is 3.57. The van der Waals surface area contributed by atoms with Crippen LogP contribution in [0.25, 0.3) is 0 Å². The summed E-state index contributed by atoms with van der Waals surface area (Å²) < 4.78 is 2.10. The van der Waals surface area contributed by atoms with E-state index in [0.29, 0.717) is 10.4 Å². The van der Waals surface area contributed by atoms with E-state index in [1.807, 2.05) is 59.8 Å². The summed E-state index contributed by atoms with van der Waals surface area (Å²) in [6.07, 6.45) is 5.92. The van der Waals surface area contributed by atoms with E-state index >= 15 is 0 Å². The van der Waals surface area contributed by atoms with Gasteiger partial charge in [-0.3, -0.25) is 9.59 Å². The first kappa shape index (κ1) is 17.5. The van der Waals surface area contributed by atoms with Crippen LogP contribution < -0.4 is 5.73 Å². The molecule has 1 atom stereocenters. The number of hydrogen-bond donors (Lipinski definition) is 1. The summed E-state index contributed by atoms with van der Waals surface area (Å²) in [6.45, 7) is 1.53. The molecule has 1 fully saturated rings. The molecular weight excluding hydrogens is 358 g/mol. The van der Waals surface area contributed by atoms with E-state index in [1.54, 1.807) is 6.07 Å². The number of primary amides is 1. The first-order valence-electron chi connectivity index (χ1n) is 9.02. The fraction of sp³-hybridized carbons (Fsp3) is 0.238. The van der Waals surface area contributed by atoms with Crippen LogP contribution in [0.3, 0.4) is 0 Å². The summed E-state index contributed by atoms with van der Waals surface area (Å²) in [7, 11) is 0. The third-order valence-electron chi connectivity index (χ3n) is 4.94. The molecule has 138 valence electrons. The van der Waals surface area contributed by atoms with Gasteiger partial charge < -0.3 is 15.2 Å². The van der Waals surface area contributed by atoms with Gasteiger partial charge in [0.1, 0.15) is 0 Å². The Morgan fingerprint density at radius 1 is 1.07 bits per heavy atom. The Balaban J connectivity index is 1.49. The van der Waals surface area contributed by atoms with Crippen LogP contribution in [0.15, 0.2) is 60.9 Å². The summed E-state index contributed by atoms with van der Waals surface area (Å²) in [5.41, 5.74) is 7.22. The van der Waals surface area contributed by atoms with Gasteiger partial charge in [-0.1, -0.05) is 12.1 Å². The monoisotopic (exact) mass is 379 g/mol. The van der Waals surface area contributed by atoms with Crippen LogP contribution in [0.5, 0.6) is 0 Å². The molecule has 2 N–H and O–H groups in total. The number of thiophene rings is 1. The lowest BCUT2D eigenvalue weighted by Gasteiger charge is -2.24. The summed E-state index contributed by atoms with van der Waals surface area (Å²) in [6, 6.07) is 15.5. The number of likely N-dealkylation sites (tertiary alicyclic amines) is 1. The van der Waals surface area contributed by atoms with Gasteiger partial charge in [-0.25, -0.2) is 0 Å². The van der Waals surface area contributed by atoms with E-state index in [0.717, 1.165) is 36.4 Å². The number of aromatic nitrogens is 1. The fourth-order valence-corrected chi connectivity index (χ4v) is 4.58. The van der Waals surface area contributed by atoms with E-state index < -0.39 is 5.91 Å². The van der Waals surface area contributed by atoms with E-state index in [4.69, 9.17) is 5.73 Å². The molecule has 3 heterocycles. The van der Waals surface area contributed by atoms with E-state index in [9.17, 15) is 9.59 Å². The van der Waals surface area contributed by atoms with Crippen molar-refractivity contribution in [3.05, 3.63) is 81.8 Å². The molecule has 27 heavy (non-hydrogen) atoms. The number of carbonyl (C=O) groups is 2. The average molecular weight is 379 g/mol. The molecule has 4 rings (SSSR count). The maximum atomic E-state index is 13.0. The number of benzene rings is 1. The quantitative estimate of drug-likeness (QED) is 0.735. The van der Waals surface area contributed by atoms with Crippen molar-refractivity contribution in [1.82, 2.24) is 9.47 Å². The minimum atomic E-state index is -0.416. The largest absolute Gasteiger partial charge is 0.365 e. The van der Waals surface area contributed by atoms with Gasteiger partial charge in [0.15, 0.2) is 0 Å². The van der Waals surface area contributed by atoms with Crippen molar-refractivity contribution >= 4 is 23.2 Å². The van der Waals surface area contributed by atoms with E-state index in [-0.39, 0.29) is 11.9 Å². The van der Waals surface area contributed by atoms with Crippen LogP contribution in [-0.4, -0.2) is 27.8 Å². The third-order valence-corrected chi connectivity index (χ3v) is 6.14. The molecule has 1 aliphatic heterocycles. The Morgan fingerprint density at radius 2 is 1.81 bits per heavy atom. The van der Waals surface area contributed by atoms with Gasteiger partial charge in [-0.15, -0.1) is 11.3 Å². The van der Waals surface area contributed by atoms with Crippen LogP contribution in [0.4, 0.5) is 0 Å². The lowest BCUT2D eigenvalue weighted by Crippen LogP contribution is -2.30. The van der Waals surface area contributed by atoms with Gasteiger partial charge in [-0.2, -0.15) is 0 Å². The van der Waals surface area contributed by atoms with Crippen molar-refractivity contribution < 1.29 is 9.59 Å². The molecule has 1 aliphatic rings. The van der Waals surface area contributed by atoms with Crippen molar-refractivity contribution in [3.8, 4) is 0 Å². The van der Waals surface area contributed by atoms with Gasteiger partial charge >= 0.3 is 0 Å². The highest BCUT2D eigenvalue weighted by Crippen LogP contribution is 2.36. The molecule has 2 amide bonds. The second-order valence-corrected chi connectivity index (χ2v) is 7.89. The first-order valence-corrected chi connectivity index (χ1v) is 9.83. The van der Waals surface area contributed by atoms with Crippen molar-refractivity contribution in [2.75, 3.05) is 6.54 Å². The molecule has 1 saturated heterocycles. The molecule has 5 nitrogen and oxygen atoms in total. The van der Waals surface area contributed by atoms with Crippen LogP contribution in [0.2, 0.25) is 0 Å². The van der Waals surface area contributed by atoms with Gasteiger partial charge in [0.25, 0.3) is 11.8 Å². The second kappa shape index (κ2) is 7.40.